The first kappa shape index (κ1) is 16.3. The summed E-state index contributed by atoms with van der Waals surface area (Å²) in [5.74, 6) is 0.970. The molecule has 0 saturated heterocycles. The second-order valence-electron chi connectivity index (χ2n) is 4.10. The number of carboxylic acid groups (broad SMARTS) is 1. The van der Waals surface area contributed by atoms with E-state index < -0.39 is 24.1 Å². The molecule has 110 valence electrons. The molecule has 0 aliphatic carbocycles. The van der Waals surface area contributed by atoms with Gasteiger partial charge in [-0.05, 0) is 5.56 Å². The number of hydrogen-bond acceptors (Lipinski definition) is 4. The molecule has 6 heteroatoms. The van der Waals surface area contributed by atoms with Gasteiger partial charge < -0.3 is 20.9 Å². The molecule has 4 N–H and O–H groups in total. The highest BCUT2D eigenvalue weighted by molar-refractivity contribution is 5.81. The Morgan fingerprint density at radius 1 is 1.38 bits per heavy atom. The zero-order valence-electron chi connectivity index (χ0n) is 11.2. The first-order chi connectivity index (χ1) is 10.0. The topological polar surface area (TPSA) is 102 Å². The van der Waals surface area contributed by atoms with E-state index in [4.69, 9.17) is 22.0 Å². The summed E-state index contributed by atoms with van der Waals surface area (Å²) in [6.45, 7) is 0.0482. The fourth-order valence-electron chi connectivity index (χ4n) is 1.37. The number of nitrogens with two attached hydrogens (primary N) is 1. The van der Waals surface area contributed by atoms with E-state index in [1.807, 2.05) is 6.07 Å². The molecular formula is C15H16N2O4. The van der Waals surface area contributed by atoms with Gasteiger partial charge in [0.2, 0.25) is 0 Å². The van der Waals surface area contributed by atoms with Crippen molar-refractivity contribution >= 4 is 12.1 Å². The third-order valence-corrected chi connectivity index (χ3v) is 2.46. The average Bonchev–Trinajstić information content (AvgIpc) is 2.49. The second-order valence-corrected chi connectivity index (χ2v) is 4.10. The van der Waals surface area contributed by atoms with Crippen LogP contribution in [0.4, 0.5) is 4.79 Å². The van der Waals surface area contributed by atoms with Crippen LogP contribution in [0.5, 0.6) is 0 Å². The van der Waals surface area contributed by atoms with Gasteiger partial charge in [0.1, 0.15) is 12.6 Å². The minimum absolute atomic E-state index is 0.0482. The molecule has 1 amide bonds. The van der Waals surface area contributed by atoms with Crippen molar-refractivity contribution in [2.45, 2.75) is 18.7 Å². The summed E-state index contributed by atoms with van der Waals surface area (Å²) in [6.07, 6.45) is 6.74. The lowest BCUT2D eigenvalue weighted by atomic mass is 10.2. The Bertz CT molecular complexity index is 549. The number of rotatable bonds is 6. The van der Waals surface area contributed by atoms with Crippen LogP contribution in [0.2, 0.25) is 0 Å². The van der Waals surface area contributed by atoms with Crippen molar-refractivity contribution in [3.63, 3.8) is 0 Å². The quantitative estimate of drug-likeness (QED) is 0.533. The van der Waals surface area contributed by atoms with Crippen molar-refractivity contribution in [3.8, 4) is 12.3 Å². The number of alkyl carbamates (subject to hydrolysis) is 1. The fraction of sp³-hybridized carbons (Fsp3) is 0.200. The number of hydrogen-bond donors (Lipinski definition) is 3. The first-order valence-electron chi connectivity index (χ1n) is 6.13. The van der Waals surface area contributed by atoms with Gasteiger partial charge in [0.05, 0.1) is 6.04 Å². The van der Waals surface area contributed by atoms with E-state index in [-0.39, 0.29) is 6.61 Å². The lowest BCUT2D eigenvalue weighted by Crippen LogP contribution is -2.39. The van der Waals surface area contributed by atoms with Crippen molar-refractivity contribution in [1.29, 1.82) is 0 Å². The Hall–Kier alpha value is -2.78. The molecule has 0 fully saturated rings. The minimum Gasteiger partial charge on any atom is -0.479 e. The van der Waals surface area contributed by atoms with Crippen LogP contribution in [0.15, 0.2) is 42.5 Å². The van der Waals surface area contributed by atoms with Crippen molar-refractivity contribution in [2.75, 3.05) is 0 Å². The maximum atomic E-state index is 11.5. The van der Waals surface area contributed by atoms with E-state index in [9.17, 15) is 9.59 Å². The molecule has 21 heavy (non-hydrogen) atoms. The largest absolute Gasteiger partial charge is 0.479 e. The summed E-state index contributed by atoms with van der Waals surface area (Å²) >= 11 is 0. The van der Waals surface area contributed by atoms with Gasteiger partial charge in [-0.15, -0.1) is 6.42 Å². The monoisotopic (exact) mass is 288 g/mol. The highest BCUT2D eigenvalue weighted by Gasteiger charge is 2.17. The molecule has 1 aromatic carbocycles. The van der Waals surface area contributed by atoms with Crippen molar-refractivity contribution < 1.29 is 19.4 Å². The molecule has 1 aromatic rings. The molecule has 0 spiro atoms. The van der Waals surface area contributed by atoms with Crippen LogP contribution < -0.4 is 11.1 Å². The lowest BCUT2D eigenvalue weighted by molar-refractivity contribution is -0.138. The fourth-order valence-corrected chi connectivity index (χ4v) is 1.37. The number of nitrogens with one attached hydrogen (secondary N) is 1. The Morgan fingerprint density at radius 2 is 2.05 bits per heavy atom. The van der Waals surface area contributed by atoms with Crippen molar-refractivity contribution in [2.24, 2.45) is 5.73 Å². The van der Waals surface area contributed by atoms with E-state index >= 15 is 0 Å². The summed E-state index contributed by atoms with van der Waals surface area (Å²) in [4.78, 5) is 22.5. The number of terminal acetylenes is 1. The van der Waals surface area contributed by atoms with Gasteiger partial charge in [-0.1, -0.05) is 48.4 Å². The molecule has 2 unspecified atom stereocenters. The zero-order valence-corrected chi connectivity index (χ0v) is 11.2. The second kappa shape index (κ2) is 8.40. The van der Waals surface area contributed by atoms with Crippen LogP contribution in [0.25, 0.3) is 0 Å². The molecule has 2 atom stereocenters. The van der Waals surface area contributed by atoms with Crippen LogP contribution in [0.1, 0.15) is 5.56 Å². The van der Waals surface area contributed by atoms with Crippen LogP contribution >= 0.6 is 0 Å². The van der Waals surface area contributed by atoms with Gasteiger partial charge in [-0.25, -0.2) is 9.59 Å². The maximum Gasteiger partial charge on any atom is 0.408 e. The highest BCUT2D eigenvalue weighted by atomic mass is 16.5. The van der Waals surface area contributed by atoms with E-state index in [1.54, 1.807) is 24.3 Å². The molecule has 0 radical (unpaired) electrons. The maximum absolute atomic E-state index is 11.5. The van der Waals surface area contributed by atoms with Crippen molar-refractivity contribution in [1.82, 2.24) is 5.32 Å². The summed E-state index contributed by atoms with van der Waals surface area (Å²) in [5.41, 5.74) is 6.22. The number of carbonyl (C=O) groups is 2. The third kappa shape index (κ3) is 6.27. The van der Waals surface area contributed by atoms with Gasteiger partial charge in [0.15, 0.2) is 0 Å². The minimum atomic E-state index is -1.26. The predicted octanol–water partition coefficient (Wildman–Crippen LogP) is 0.883. The van der Waals surface area contributed by atoms with Crippen LogP contribution in [-0.2, 0) is 16.1 Å². The Kier molecular flexibility index (Phi) is 6.51. The highest BCUT2D eigenvalue weighted by Crippen LogP contribution is 2.01. The number of carboxylic acids is 1. The molecular weight excluding hydrogens is 272 g/mol. The molecule has 0 saturated carbocycles. The molecule has 6 nitrogen and oxygen atoms in total. The van der Waals surface area contributed by atoms with Gasteiger partial charge in [-0.2, -0.15) is 0 Å². The average molecular weight is 288 g/mol. The Labute approximate surface area is 122 Å². The summed E-state index contributed by atoms with van der Waals surface area (Å²) in [6, 6.07) is 7.05. The van der Waals surface area contributed by atoms with Gasteiger partial charge in [0, 0.05) is 0 Å². The number of amides is 1. The van der Waals surface area contributed by atoms with E-state index in [0.29, 0.717) is 0 Å². The standard InChI is InChI=1S/C15H16N2O4/c1-2-12(16)8-9-13(14(18)19)17-15(20)21-10-11-6-4-3-5-7-11/h1,3-9,12-13H,10,16H2,(H,17,20)(H,18,19). The summed E-state index contributed by atoms with van der Waals surface area (Å²) in [7, 11) is 0. The van der Waals surface area contributed by atoms with Gasteiger partial charge >= 0.3 is 12.1 Å². The SMILES string of the molecule is C#CC(N)C=CC(NC(=O)OCc1ccccc1)C(=O)O. The van der Waals surface area contributed by atoms with Crippen molar-refractivity contribution in [3.05, 3.63) is 48.0 Å². The zero-order chi connectivity index (χ0) is 15.7. The van der Waals surface area contributed by atoms with Crippen LogP contribution in [0, 0.1) is 12.3 Å². The lowest BCUT2D eigenvalue weighted by Gasteiger charge is -2.11. The Morgan fingerprint density at radius 3 is 2.62 bits per heavy atom. The molecule has 1 rings (SSSR count). The third-order valence-electron chi connectivity index (χ3n) is 2.46. The van der Waals surface area contributed by atoms with E-state index in [1.165, 1.54) is 12.2 Å². The number of ether oxygens (including phenoxy) is 1. The predicted molar refractivity (Wildman–Crippen MR) is 77.1 cm³/mol. The van der Waals surface area contributed by atoms with Gasteiger partial charge in [-0.3, -0.25) is 0 Å². The van der Waals surface area contributed by atoms with Crippen LogP contribution in [0.3, 0.4) is 0 Å². The number of benzene rings is 1. The normalized spacial score (nSPS) is 13.1. The number of aliphatic carboxylic acids is 1. The molecule has 0 aromatic heterocycles. The van der Waals surface area contributed by atoms with Crippen LogP contribution in [-0.4, -0.2) is 29.3 Å². The molecule has 0 heterocycles. The molecule has 0 aliphatic rings. The van der Waals surface area contributed by atoms with E-state index in [0.717, 1.165) is 5.56 Å². The summed E-state index contributed by atoms with van der Waals surface area (Å²) in [5, 5.41) is 11.2. The summed E-state index contributed by atoms with van der Waals surface area (Å²) < 4.78 is 4.92. The number of carbonyl (C=O) groups excluding carboxylic acids is 1. The van der Waals surface area contributed by atoms with Gasteiger partial charge in [0.25, 0.3) is 0 Å². The first-order valence-corrected chi connectivity index (χ1v) is 6.13. The van der Waals surface area contributed by atoms with E-state index in [2.05, 4.69) is 11.2 Å². The smallest absolute Gasteiger partial charge is 0.408 e. The molecule has 0 aliphatic heterocycles. The molecule has 0 bridgehead atoms. The Balaban J connectivity index is 2.51.